The molecule has 1 unspecified atom stereocenters. The Bertz CT molecular complexity index is 769. The zero-order chi connectivity index (χ0) is 21.1. The van der Waals surface area contributed by atoms with Crippen LogP contribution < -0.4 is 0 Å². The van der Waals surface area contributed by atoms with Crippen LogP contribution in [-0.2, 0) is 19.6 Å². The minimum Gasteiger partial charge on any atom is -0.409 e. The van der Waals surface area contributed by atoms with Gasteiger partial charge in [0.15, 0.2) is 0 Å². The second-order valence-corrected chi connectivity index (χ2v) is 13.8. The van der Waals surface area contributed by atoms with Crippen LogP contribution in [0, 0.1) is 11.3 Å². The van der Waals surface area contributed by atoms with Crippen LogP contribution in [0.4, 0.5) is 0 Å². The van der Waals surface area contributed by atoms with Gasteiger partial charge in [0, 0.05) is 18.9 Å². The van der Waals surface area contributed by atoms with Crippen molar-refractivity contribution in [2.45, 2.75) is 52.3 Å². The van der Waals surface area contributed by atoms with Crippen LogP contribution in [0.15, 0.2) is 60.7 Å². The second kappa shape index (κ2) is 8.55. The lowest BCUT2D eigenvalue weighted by atomic mass is 9.82. The molecule has 1 aliphatic heterocycles. The largest absolute Gasteiger partial charge is 0.409 e. The van der Waals surface area contributed by atoms with Gasteiger partial charge in [0.1, 0.15) is 11.0 Å². The first-order valence-electron chi connectivity index (χ1n) is 10.5. The van der Waals surface area contributed by atoms with E-state index in [1.54, 1.807) is 0 Å². The summed E-state index contributed by atoms with van der Waals surface area (Å²) in [6, 6.07) is 20.9. The molecule has 2 aromatic rings. The molecule has 1 heterocycles. The van der Waals surface area contributed by atoms with Crippen LogP contribution in [0.2, 0.25) is 13.1 Å². The van der Waals surface area contributed by atoms with Gasteiger partial charge < -0.3 is 14.0 Å². The normalized spacial score (nSPS) is 19.3. The molecule has 3 rings (SSSR count). The van der Waals surface area contributed by atoms with Crippen molar-refractivity contribution < 1.29 is 14.0 Å². The Kier molecular flexibility index (Phi) is 6.47. The lowest BCUT2D eigenvalue weighted by molar-refractivity contribution is -0.115. The van der Waals surface area contributed by atoms with E-state index in [0.717, 1.165) is 6.42 Å². The zero-order valence-corrected chi connectivity index (χ0v) is 19.4. The highest BCUT2D eigenvalue weighted by molar-refractivity contribution is 6.99. The van der Waals surface area contributed by atoms with Crippen LogP contribution in [-0.4, -0.2) is 26.9 Å². The third-order valence-corrected chi connectivity index (χ3v) is 8.07. The van der Waals surface area contributed by atoms with Gasteiger partial charge in [0.25, 0.3) is 8.32 Å². The van der Waals surface area contributed by atoms with Gasteiger partial charge in [-0.15, -0.1) is 0 Å². The monoisotopic (exact) mass is 410 g/mol. The summed E-state index contributed by atoms with van der Waals surface area (Å²) in [5.74, 6) is 0.268. The lowest BCUT2D eigenvalue weighted by Crippen LogP contribution is -2.44. The minimum absolute atomic E-state index is 0.00302. The maximum Gasteiger partial charge on any atom is 0.258 e. The summed E-state index contributed by atoms with van der Waals surface area (Å²) in [7, 11) is -2.38. The molecule has 1 atom stereocenters. The summed E-state index contributed by atoms with van der Waals surface area (Å²) in [6.07, 6.45) is 1.43. The molecule has 0 amide bonds. The molecule has 0 radical (unpaired) electrons. The van der Waals surface area contributed by atoms with Crippen LogP contribution in [0.25, 0.3) is 0 Å². The SMILES string of the molecule is CC(C)(C)CC(=O)[Si](C)(C)OCC1COC(c2ccccc2)(c2ccccc2)C1. The Morgan fingerprint density at radius 2 is 1.55 bits per heavy atom. The number of hydrogen-bond donors (Lipinski definition) is 0. The number of ether oxygens (including phenoxy) is 1. The first kappa shape index (κ1) is 21.9. The summed E-state index contributed by atoms with van der Waals surface area (Å²) in [5, 5.41) is 0.293. The molecule has 4 heteroatoms. The molecule has 0 N–H and O–H groups in total. The molecule has 2 aromatic carbocycles. The van der Waals surface area contributed by atoms with Crippen LogP contribution in [0.5, 0.6) is 0 Å². The fourth-order valence-corrected chi connectivity index (χ4v) is 5.75. The maximum absolute atomic E-state index is 12.8. The van der Waals surface area contributed by atoms with Crippen molar-refractivity contribution in [3.8, 4) is 0 Å². The molecule has 156 valence electrons. The molecule has 0 aromatic heterocycles. The van der Waals surface area contributed by atoms with Gasteiger partial charge in [-0.1, -0.05) is 81.4 Å². The fraction of sp³-hybridized carbons (Fsp3) is 0.480. The van der Waals surface area contributed by atoms with E-state index in [1.807, 2.05) is 25.2 Å². The fourth-order valence-electron chi connectivity index (χ4n) is 3.98. The number of rotatable bonds is 7. The van der Waals surface area contributed by atoms with E-state index in [1.165, 1.54) is 11.1 Å². The molecule has 0 saturated carbocycles. The van der Waals surface area contributed by atoms with Crippen molar-refractivity contribution in [1.29, 1.82) is 0 Å². The summed E-state index contributed by atoms with van der Waals surface area (Å²) < 4.78 is 12.8. The Labute approximate surface area is 176 Å². The highest BCUT2D eigenvalue weighted by Gasteiger charge is 2.44. The van der Waals surface area contributed by atoms with Gasteiger partial charge in [-0.3, -0.25) is 0 Å². The van der Waals surface area contributed by atoms with Crippen LogP contribution in [0.3, 0.4) is 0 Å². The number of benzene rings is 2. The average molecular weight is 411 g/mol. The van der Waals surface area contributed by atoms with E-state index in [-0.39, 0.29) is 11.3 Å². The van der Waals surface area contributed by atoms with Crippen molar-refractivity contribution in [3.05, 3.63) is 71.8 Å². The Hall–Kier alpha value is -1.75. The van der Waals surface area contributed by atoms with Crippen molar-refractivity contribution in [1.82, 2.24) is 0 Å². The smallest absolute Gasteiger partial charge is 0.258 e. The van der Waals surface area contributed by atoms with Crippen molar-refractivity contribution in [2.24, 2.45) is 11.3 Å². The van der Waals surface area contributed by atoms with Gasteiger partial charge >= 0.3 is 0 Å². The molecule has 0 aliphatic carbocycles. The number of carbonyl (C=O) groups is 1. The lowest BCUT2D eigenvalue weighted by Gasteiger charge is -2.30. The molecule has 3 nitrogen and oxygen atoms in total. The molecule has 1 fully saturated rings. The van der Waals surface area contributed by atoms with Crippen LogP contribution in [0.1, 0.15) is 44.7 Å². The Balaban J connectivity index is 1.73. The molecule has 0 spiro atoms. The van der Waals surface area contributed by atoms with E-state index < -0.39 is 13.9 Å². The number of hydrogen-bond acceptors (Lipinski definition) is 3. The van der Waals surface area contributed by atoms with E-state index in [4.69, 9.17) is 9.16 Å². The van der Waals surface area contributed by atoms with Crippen LogP contribution >= 0.6 is 0 Å². The molecule has 0 bridgehead atoms. The predicted molar refractivity (Wildman–Crippen MR) is 120 cm³/mol. The van der Waals surface area contributed by atoms with E-state index in [9.17, 15) is 4.79 Å². The molecular weight excluding hydrogens is 376 g/mol. The van der Waals surface area contributed by atoms with E-state index in [0.29, 0.717) is 25.0 Å². The zero-order valence-electron chi connectivity index (χ0n) is 18.4. The second-order valence-electron chi connectivity index (χ2n) is 9.92. The molecule has 1 aliphatic rings. The number of carbonyl (C=O) groups excluding carboxylic acids is 1. The van der Waals surface area contributed by atoms with Gasteiger partial charge in [-0.2, -0.15) is 0 Å². The average Bonchev–Trinajstić information content (AvgIpc) is 3.12. The summed E-state index contributed by atoms with van der Waals surface area (Å²) in [6.45, 7) is 11.6. The topological polar surface area (TPSA) is 35.5 Å². The predicted octanol–water partition coefficient (Wildman–Crippen LogP) is 5.73. The Morgan fingerprint density at radius 1 is 1.03 bits per heavy atom. The Morgan fingerprint density at radius 3 is 2.03 bits per heavy atom. The van der Waals surface area contributed by atoms with Gasteiger partial charge in [-0.25, -0.2) is 0 Å². The van der Waals surface area contributed by atoms with Crippen molar-refractivity contribution in [2.75, 3.05) is 13.2 Å². The maximum atomic E-state index is 12.8. The highest BCUT2D eigenvalue weighted by atomic mass is 28.4. The van der Waals surface area contributed by atoms with Gasteiger partial charge in [-0.05, 0) is 36.1 Å². The van der Waals surface area contributed by atoms with E-state index >= 15 is 0 Å². The first-order valence-corrected chi connectivity index (χ1v) is 13.5. The molecule has 29 heavy (non-hydrogen) atoms. The van der Waals surface area contributed by atoms with Crippen molar-refractivity contribution >= 4 is 13.7 Å². The van der Waals surface area contributed by atoms with E-state index in [2.05, 4.69) is 69.3 Å². The standard InChI is InChI=1S/C25H34O3Si/c1-24(2,3)17-23(26)29(4,5)28-19-20-16-25(27-18-20,21-12-8-6-9-13-21)22-14-10-7-11-15-22/h6-15,20H,16-19H2,1-5H3. The molecular formula is C25H34O3Si. The summed E-state index contributed by atoms with van der Waals surface area (Å²) in [5.41, 5.74) is 1.90. The van der Waals surface area contributed by atoms with Crippen molar-refractivity contribution in [3.63, 3.8) is 0 Å². The third kappa shape index (κ3) is 5.24. The quantitative estimate of drug-likeness (QED) is 0.547. The summed E-state index contributed by atoms with van der Waals surface area (Å²) >= 11 is 0. The minimum atomic E-state index is -2.38. The first-order chi connectivity index (χ1) is 13.6. The molecule has 1 saturated heterocycles. The third-order valence-electron chi connectivity index (χ3n) is 5.66. The highest BCUT2D eigenvalue weighted by Crippen LogP contribution is 2.44. The summed E-state index contributed by atoms with van der Waals surface area (Å²) in [4.78, 5) is 12.8. The van der Waals surface area contributed by atoms with Gasteiger partial charge in [0.2, 0.25) is 0 Å². The van der Waals surface area contributed by atoms with Gasteiger partial charge in [0.05, 0.1) is 6.61 Å².